The van der Waals surface area contributed by atoms with Crippen molar-refractivity contribution in [2.45, 2.75) is 38.4 Å². The average molecular weight is 329 g/mol. The summed E-state index contributed by atoms with van der Waals surface area (Å²) >= 11 is 0. The maximum atomic E-state index is 12.4. The van der Waals surface area contributed by atoms with Crippen LogP contribution in [-0.2, 0) is 21.4 Å². The Balaban J connectivity index is 2.13. The van der Waals surface area contributed by atoms with E-state index >= 15 is 0 Å². The molecule has 0 saturated heterocycles. The van der Waals surface area contributed by atoms with Crippen molar-refractivity contribution in [3.8, 4) is 5.75 Å². The zero-order chi connectivity index (χ0) is 16.2. The first-order chi connectivity index (χ1) is 10.5. The highest BCUT2D eigenvalue weighted by Gasteiger charge is 2.30. The molecule has 1 aliphatic rings. The topological polar surface area (TPSA) is 95.9 Å². The predicted molar refractivity (Wildman–Crippen MR) is 84.2 cm³/mol. The molecule has 0 amide bonds. The number of aliphatic hydroxyl groups excluding tert-OH is 1. The Morgan fingerprint density at radius 2 is 2.05 bits per heavy atom. The van der Waals surface area contributed by atoms with E-state index in [1.54, 1.807) is 12.1 Å². The highest BCUT2D eigenvalue weighted by atomic mass is 32.2. The SMILES string of the molecule is COC(CS(=O)(=O)Nc1c(O)cccc1CO)C1CCCC1. The van der Waals surface area contributed by atoms with E-state index in [-0.39, 0.29) is 35.8 Å². The van der Waals surface area contributed by atoms with E-state index in [0.717, 1.165) is 25.7 Å². The summed E-state index contributed by atoms with van der Waals surface area (Å²) in [5.74, 6) is -0.110. The summed E-state index contributed by atoms with van der Waals surface area (Å²) in [5.41, 5.74) is 0.365. The van der Waals surface area contributed by atoms with Gasteiger partial charge in [-0.1, -0.05) is 25.0 Å². The molecule has 1 aromatic rings. The van der Waals surface area contributed by atoms with Gasteiger partial charge in [0.1, 0.15) is 5.75 Å². The van der Waals surface area contributed by atoms with Gasteiger partial charge in [-0.2, -0.15) is 0 Å². The van der Waals surface area contributed by atoms with Crippen molar-refractivity contribution in [1.29, 1.82) is 0 Å². The number of methoxy groups -OCH3 is 1. The van der Waals surface area contributed by atoms with Gasteiger partial charge in [0, 0.05) is 12.7 Å². The van der Waals surface area contributed by atoms with E-state index in [1.807, 2.05) is 0 Å². The summed E-state index contributed by atoms with van der Waals surface area (Å²) in [4.78, 5) is 0. The summed E-state index contributed by atoms with van der Waals surface area (Å²) in [5, 5.41) is 19.1. The van der Waals surface area contributed by atoms with Crippen LogP contribution in [0.3, 0.4) is 0 Å². The highest BCUT2D eigenvalue weighted by Crippen LogP contribution is 2.31. The van der Waals surface area contributed by atoms with Gasteiger partial charge in [0.25, 0.3) is 0 Å². The first-order valence-electron chi connectivity index (χ1n) is 7.42. The summed E-state index contributed by atoms with van der Waals surface area (Å²) in [7, 11) is -2.16. The van der Waals surface area contributed by atoms with Gasteiger partial charge < -0.3 is 14.9 Å². The standard InChI is InChI=1S/C15H23NO5S/c1-21-14(11-5-2-3-6-11)10-22(19,20)16-15-12(9-17)7-4-8-13(15)18/h4,7-8,11,14,16-18H,2-3,5-6,9-10H2,1H3. The normalized spacial score (nSPS) is 17.5. The van der Waals surface area contributed by atoms with E-state index in [9.17, 15) is 18.6 Å². The molecule has 1 unspecified atom stereocenters. The van der Waals surface area contributed by atoms with Crippen LogP contribution in [0.1, 0.15) is 31.2 Å². The lowest BCUT2D eigenvalue weighted by Gasteiger charge is -2.22. The molecule has 124 valence electrons. The Morgan fingerprint density at radius 3 is 2.64 bits per heavy atom. The van der Waals surface area contributed by atoms with Gasteiger partial charge in [-0.3, -0.25) is 4.72 Å². The highest BCUT2D eigenvalue weighted by molar-refractivity contribution is 7.92. The summed E-state index contributed by atoms with van der Waals surface area (Å²) < 4.78 is 32.5. The number of ether oxygens (including phenoxy) is 1. The number of nitrogens with one attached hydrogen (secondary N) is 1. The van der Waals surface area contributed by atoms with Crippen LogP contribution in [0.15, 0.2) is 18.2 Å². The number of anilines is 1. The number of phenols is 1. The molecule has 22 heavy (non-hydrogen) atoms. The lowest BCUT2D eigenvalue weighted by Crippen LogP contribution is -2.32. The fourth-order valence-corrected chi connectivity index (χ4v) is 4.45. The molecule has 1 atom stereocenters. The molecule has 1 fully saturated rings. The molecule has 1 saturated carbocycles. The number of para-hydroxylation sites is 1. The van der Waals surface area contributed by atoms with E-state index in [1.165, 1.54) is 13.2 Å². The Bertz CT molecular complexity index is 596. The van der Waals surface area contributed by atoms with Gasteiger partial charge in [-0.15, -0.1) is 0 Å². The molecule has 0 spiro atoms. The molecule has 0 aromatic heterocycles. The van der Waals surface area contributed by atoms with Gasteiger partial charge in [0.2, 0.25) is 10.0 Å². The van der Waals surface area contributed by atoms with Crippen LogP contribution in [-0.4, -0.2) is 37.6 Å². The molecular formula is C15H23NO5S. The van der Waals surface area contributed by atoms with Crippen molar-refractivity contribution in [2.75, 3.05) is 17.6 Å². The second kappa shape index (κ2) is 7.30. The molecule has 1 aliphatic carbocycles. The van der Waals surface area contributed by atoms with Gasteiger partial charge in [0.15, 0.2) is 0 Å². The number of aliphatic hydroxyl groups is 1. The van der Waals surface area contributed by atoms with Crippen molar-refractivity contribution in [2.24, 2.45) is 5.92 Å². The zero-order valence-electron chi connectivity index (χ0n) is 12.7. The van der Waals surface area contributed by atoms with Crippen molar-refractivity contribution >= 4 is 15.7 Å². The predicted octanol–water partition coefficient (Wildman–Crippen LogP) is 1.83. The fourth-order valence-electron chi connectivity index (χ4n) is 2.98. The van der Waals surface area contributed by atoms with Gasteiger partial charge in [0.05, 0.1) is 24.2 Å². The molecule has 1 aromatic carbocycles. The van der Waals surface area contributed by atoms with Crippen molar-refractivity contribution in [3.05, 3.63) is 23.8 Å². The largest absolute Gasteiger partial charge is 0.506 e. The molecule has 2 rings (SSSR count). The molecular weight excluding hydrogens is 306 g/mol. The van der Waals surface area contributed by atoms with Crippen LogP contribution in [0.25, 0.3) is 0 Å². The third kappa shape index (κ3) is 4.12. The Hall–Kier alpha value is -1.31. The van der Waals surface area contributed by atoms with Crippen molar-refractivity contribution in [1.82, 2.24) is 0 Å². The minimum atomic E-state index is -3.68. The summed E-state index contributed by atoms with van der Waals surface area (Å²) in [6.07, 6.45) is 3.81. The minimum absolute atomic E-state index is 0.0336. The molecule has 0 heterocycles. The molecule has 3 N–H and O–H groups in total. The first-order valence-corrected chi connectivity index (χ1v) is 9.07. The van der Waals surface area contributed by atoms with E-state index in [4.69, 9.17) is 4.74 Å². The molecule has 0 radical (unpaired) electrons. The molecule has 0 aliphatic heterocycles. The van der Waals surface area contributed by atoms with E-state index < -0.39 is 10.0 Å². The number of hydrogen-bond acceptors (Lipinski definition) is 5. The monoisotopic (exact) mass is 329 g/mol. The second-order valence-electron chi connectivity index (χ2n) is 5.67. The van der Waals surface area contributed by atoms with E-state index in [2.05, 4.69) is 4.72 Å². The van der Waals surface area contributed by atoms with Crippen molar-refractivity contribution in [3.63, 3.8) is 0 Å². The third-order valence-corrected chi connectivity index (χ3v) is 5.45. The van der Waals surface area contributed by atoms with Crippen LogP contribution in [0, 0.1) is 5.92 Å². The first kappa shape index (κ1) is 17.1. The zero-order valence-corrected chi connectivity index (χ0v) is 13.5. The van der Waals surface area contributed by atoms with Gasteiger partial charge in [-0.25, -0.2) is 8.42 Å². The Labute approximate surface area is 131 Å². The lowest BCUT2D eigenvalue weighted by atomic mass is 10.0. The number of phenolic OH excluding ortho intramolecular Hbond substituents is 1. The molecule has 7 heteroatoms. The fraction of sp³-hybridized carbons (Fsp3) is 0.600. The smallest absolute Gasteiger partial charge is 0.235 e. The van der Waals surface area contributed by atoms with Crippen LogP contribution < -0.4 is 4.72 Å². The minimum Gasteiger partial charge on any atom is -0.506 e. The number of hydrogen-bond donors (Lipinski definition) is 3. The number of sulfonamides is 1. The van der Waals surface area contributed by atoms with E-state index in [0.29, 0.717) is 5.56 Å². The Morgan fingerprint density at radius 1 is 1.36 bits per heavy atom. The van der Waals surface area contributed by atoms with Crippen LogP contribution in [0.4, 0.5) is 5.69 Å². The second-order valence-corrected chi connectivity index (χ2v) is 7.44. The third-order valence-electron chi connectivity index (χ3n) is 4.17. The van der Waals surface area contributed by atoms with Crippen LogP contribution in [0.5, 0.6) is 5.75 Å². The van der Waals surface area contributed by atoms with Crippen molar-refractivity contribution < 1.29 is 23.4 Å². The number of rotatable bonds is 7. The maximum absolute atomic E-state index is 12.4. The molecule has 0 bridgehead atoms. The number of aromatic hydroxyl groups is 1. The average Bonchev–Trinajstić information content (AvgIpc) is 3.01. The summed E-state index contributed by atoms with van der Waals surface area (Å²) in [6.45, 7) is -0.359. The van der Waals surface area contributed by atoms with Gasteiger partial charge in [-0.05, 0) is 24.8 Å². The van der Waals surface area contributed by atoms with Crippen LogP contribution >= 0.6 is 0 Å². The maximum Gasteiger partial charge on any atom is 0.235 e. The number of benzene rings is 1. The lowest BCUT2D eigenvalue weighted by molar-refractivity contribution is 0.0718. The molecule has 6 nitrogen and oxygen atoms in total. The summed E-state index contributed by atoms with van der Waals surface area (Å²) in [6, 6.07) is 4.49. The Kier molecular flexibility index (Phi) is 5.66. The van der Waals surface area contributed by atoms with Crippen LogP contribution in [0.2, 0.25) is 0 Å². The quantitative estimate of drug-likeness (QED) is 0.663. The van der Waals surface area contributed by atoms with Gasteiger partial charge >= 0.3 is 0 Å².